The van der Waals surface area contributed by atoms with Gasteiger partial charge in [-0.05, 0) is 30.2 Å². The first-order valence-corrected chi connectivity index (χ1v) is 8.50. The molecule has 21 heavy (non-hydrogen) atoms. The van der Waals surface area contributed by atoms with Gasteiger partial charge in [0.2, 0.25) is 5.91 Å². The van der Waals surface area contributed by atoms with Gasteiger partial charge in [-0.15, -0.1) is 22.7 Å². The van der Waals surface area contributed by atoms with Crippen LogP contribution in [0.2, 0.25) is 0 Å². The smallest absolute Gasteiger partial charge is 0.346 e. The molecule has 1 amide bonds. The third kappa shape index (κ3) is 3.01. The molecular weight excluding hydrogens is 306 g/mol. The van der Waals surface area contributed by atoms with E-state index in [1.54, 1.807) is 0 Å². The summed E-state index contributed by atoms with van der Waals surface area (Å²) in [4.78, 5) is 23.6. The van der Waals surface area contributed by atoms with Crippen LogP contribution in [0.4, 0.5) is 0 Å². The number of rotatable bonds is 5. The van der Waals surface area contributed by atoms with Crippen molar-refractivity contribution in [1.82, 2.24) is 5.32 Å². The largest absolute Gasteiger partial charge is 0.477 e. The minimum Gasteiger partial charge on any atom is -0.477 e. The minimum atomic E-state index is -0.925. The second kappa shape index (κ2) is 5.99. The number of aromatic carboxylic acids is 1. The molecular formula is C15H15NO3S2. The van der Waals surface area contributed by atoms with E-state index in [9.17, 15) is 14.7 Å². The van der Waals surface area contributed by atoms with Gasteiger partial charge in [0.05, 0.1) is 4.70 Å². The first-order chi connectivity index (χ1) is 10.1. The van der Waals surface area contributed by atoms with Crippen LogP contribution in [0.15, 0.2) is 23.6 Å². The Morgan fingerprint density at radius 2 is 2.29 bits per heavy atom. The Bertz CT molecular complexity index is 714. The van der Waals surface area contributed by atoms with Gasteiger partial charge in [-0.3, -0.25) is 4.79 Å². The predicted octanol–water partition coefficient (Wildman–Crippen LogP) is 3.63. The summed E-state index contributed by atoms with van der Waals surface area (Å²) in [5.41, 5.74) is 0.729. The van der Waals surface area contributed by atoms with Crippen molar-refractivity contribution in [2.75, 3.05) is 0 Å². The third-order valence-corrected chi connectivity index (χ3v) is 5.89. The van der Waals surface area contributed by atoms with Crippen molar-refractivity contribution in [3.63, 3.8) is 0 Å². The Balaban J connectivity index is 1.70. The van der Waals surface area contributed by atoms with Gasteiger partial charge in [-0.1, -0.05) is 12.2 Å². The summed E-state index contributed by atoms with van der Waals surface area (Å²) in [7, 11) is 0. The Kier molecular flexibility index (Phi) is 4.07. The van der Waals surface area contributed by atoms with Gasteiger partial charge in [0, 0.05) is 23.2 Å². The van der Waals surface area contributed by atoms with Gasteiger partial charge in [0.15, 0.2) is 0 Å². The van der Waals surface area contributed by atoms with Crippen LogP contribution in [0, 0.1) is 5.92 Å². The highest BCUT2D eigenvalue weighted by Gasteiger charge is 2.20. The average Bonchev–Trinajstić information content (AvgIpc) is 3.12. The number of carboxylic acids is 1. The molecule has 1 atom stereocenters. The topological polar surface area (TPSA) is 66.4 Å². The van der Waals surface area contributed by atoms with E-state index in [-0.39, 0.29) is 12.5 Å². The molecule has 1 aliphatic rings. The van der Waals surface area contributed by atoms with Gasteiger partial charge in [-0.25, -0.2) is 4.79 Å². The molecule has 3 rings (SSSR count). The van der Waals surface area contributed by atoms with E-state index in [4.69, 9.17) is 0 Å². The summed E-state index contributed by atoms with van der Waals surface area (Å²) >= 11 is 2.79. The van der Waals surface area contributed by atoms with Gasteiger partial charge in [0.1, 0.15) is 4.88 Å². The van der Waals surface area contributed by atoms with Crippen molar-refractivity contribution in [2.45, 2.75) is 25.8 Å². The normalized spacial score (nSPS) is 17.4. The lowest BCUT2D eigenvalue weighted by atomic mass is 10.1. The first kappa shape index (κ1) is 14.3. The van der Waals surface area contributed by atoms with Crippen molar-refractivity contribution in [1.29, 1.82) is 0 Å². The minimum absolute atomic E-state index is 0.0150. The molecule has 0 aromatic carbocycles. The SMILES string of the molecule is O=C(CC1C=CCC1)NCc1c(C(=O)O)sc2ccsc12. The second-order valence-corrected chi connectivity index (χ2v) is 7.04. The average molecular weight is 321 g/mol. The highest BCUT2D eigenvalue weighted by Crippen LogP contribution is 2.35. The number of hydrogen-bond acceptors (Lipinski definition) is 4. The van der Waals surface area contributed by atoms with Crippen LogP contribution < -0.4 is 5.32 Å². The molecule has 110 valence electrons. The second-order valence-electron chi connectivity index (χ2n) is 5.08. The number of allylic oxidation sites excluding steroid dienone is 2. The van der Waals surface area contributed by atoms with Crippen molar-refractivity contribution in [3.05, 3.63) is 34.0 Å². The Morgan fingerprint density at radius 3 is 3.00 bits per heavy atom. The van der Waals surface area contributed by atoms with Crippen LogP contribution >= 0.6 is 22.7 Å². The molecule has 1 unspecified atom stereocenters. The number of hydrogen-bond donors (Lipinski definition) is 2. The van der Waals surface area contributed by atoms with E-state index in [0.717, 1.165) is 27.8 Å². The molecule has 2 N–H and O–H groups in total. The molecule has 0 spiro atoms. The summed E-state index contributed by atoms with van der Waals surface area (Å²) in [5.74, 6) is -0.613. The summed E-state index contributed by atoms with van der Waals surface area (Å²) in [6.07, 6.45) is 6.75. The van der Waals surface area contributed by atoms with Crippen LogP contribution in [-0.2, 0) is 11.3 Å². The summed E-state index contributed by atoms with van der Waals surface area (Å²) in [6.45, 7) is 0.289. The number of carbonyl (C=O) groups is 2. The Morgan fingerprint density at radius 1 is 1.43 bits per heavy atom. The van der Waals surface area contributed by atoms with Crippen molar-refractivity contribution < 1.29 is 14.7 Å². The van der Waals surface area contributed by atoms with Gasteiger partial charge < -0.3 is 10.4 Å². The quantitative estimate of drug-likeness (QED) is 0.826. The van der Waals surface area contributed by atoms with Crippen molar-refractivity contribution in [2.24, 2.45) is 5.92 Å². The molecule has 1 aliphatic carbocycles. The lowest BCUT2D eigenvalue weighted by Crippen LogP contribution is -2.24. The van der Waals surface area contributed by atoms with E-state index >= 15 is 0 Å². The maximum Gasteiger partial charge on any atom is 0.346 e. The monoisotopic (exact) mass is 321 g/mol. The Hall–Kier alpha value is -1.66. The van der Waals surface area contributed by atoms with E-state index in [2.05, 4.69) is 17.5 Å². The van der Waals surface area contributed by atoms with E-state index in [0.29, 0.717) is 17.2 Å². The first-order valence-electron chi connectivity index (χ1n) is 6.80. The van der Waals surface area contributed by atoms with Crippen LogP contribution in [0.5, 0.6) is 0 Å². The lowest BCUT2D eigenvalue weighted by Gasteiger charge is -2.08. The van der Waals surface area contributed by atoms with Gasteiger partial charge >= 0.3 is 5.97 Å². The van der Waals surface area contributed by atoms with E-state index in [1.807, 2.05) is 11.4 Å². The van der Waals surface area contributed by atoms with E-state index < -0.39 is 5.97 Å². The standard InChI is InChI=1S/C15H15NO3S2/c17-12(7-9-3-1-2-4-9)16-8-10-13-11(5-6-20-13)21-14(10)15(18)19/h1,3,5-6,9H,2,4,7-8H2,(H,16,17)(H,18,19). The summed E-state index contributed by atoms with van der Waals surface area (Å²) in [6, 6.07) is 1.92. The van der Waals surface area contributed by atoms with E-state index in [1.165, 1.54) is 22.7 Å². The highest BCUT2D eigenvalue weighted by molar-refractivity contribution is 7.28. The molecule has 0 saturated heterocycles. The Labute approximate surface area is 130 Å². The third-order valence-electron chi connectivity index (χ3n) is 3.61. The fourth-order valence-corrected chi connectivity index (χ4v) is 4.79. The van der Waals surface area contributed by atoms with Crippen molar-refractivity contribution >= 4 is 43.9 Å². The van der Waals surface area contributed by atoms with Crippen LogP contribution in [-0.4, -0.2) is 17.0 Å². The zero-order valence-electron chi connectivity index (χ0n) is 11.3. The fourth-order valence-electron chi connectivity index (χ4n) is 2.57. The maximum atomic E-state index is 12.0. The molecule has 6 heteroatoms. The number of amides is 1. The molecule has 2 heterocycles. The maximum absolute atomic E-state index is 12.0. The summed E-state index contributed by atoms with van der Waals surface area (Å²) in [5, 5.41) is 14.1. The van der Waals surface area contributed by atoms with Crippen molar-refractivity contribution in [3.8, 4) is 0 Å². The van der Waals surface area contributed by atoms with Crippen LogP contribution in [0.1, 0.15) is 34.5 Å². The molecule has 0 bridgehead atoms. The predicted molar refractivity (Wildman–Crippen MR) is 85.0 cm³/mol. The molecule has 0 saturated carbocycles. The molecule has 4 nitrogen and oxygen atoms in total. The molecule has 2 aromatic heterocycles. The molecule has 0 fully saturated rings. The number of nitrogens with one attached hydrogen (secondary N) is 1. The van der Waals surface area contributed by atoms with Crippen LogP contribution in [0.3, 0.4) is 0 Å². The molecule has 0 aliphatic heterocycles. The van der Waals surface area contributed by atoms with Gasteiger partial charge in [-0.2, -0.15) is 0 Å². The summed E-state index contributed by atoms with van der Waals surface area (Å²) < 4.78 is 1.94. The lowest BCUT2D eigenvalue weighted by molar-refractivity contribution is -0.121. The number of thiophene rings is 2. The van der Waals surface area contributed by atoms with Gasteiger partial charge in [0.25, 0.3) is 0 Å². The highest BCUT2D eigenvalue weighted by atomic mass is 32.1. The zero-order valence-corrected chi connectivity index (χ0v) is 12.9. The zero-order chi connectivity index (χ0) is 14.8. The van der Waals surface area contributed by atoms with Crippen LogP contribution in [0.25, 0.3) is 9.40 Å². The molecule has 2 aromatic rings. The molecule has 0 radical (unpaired) electrons. The number of fused-ring (bicyclic) bond motifs is 1. The number of carbonyl (C=O) groups excluding carboxylic acids is 1. The fraction of sp³-hybridized carbons (Fsp3) is 0.333. The number of carboxylic acid groups (broad SMARTS) is 1.